The van der Waals surface area contributed by atoms with Gasteiger partial charge in [-0.05, 0) is 47.5 Å². The molecule has 6 heteroatoms. The molecule has 0 aliphatic carbocycles. The van der Waals surface area contributed by atoms with E-state index in [9.17, 15) is 9.90 Å². The molecule has 0 saturated heterocycles. The van der Waals surface area contributed by atoms with Crippen molar-refractivity contribution in [1.82, 2.24) is 0 Å². The van der Waals surface area contributed by atoms with Crippen LogP contribution < -0.4 is 18.9 Å². The normalized spacial score (nSPS) is 19.5. The molecule has 0 atom stereocenters. The minimum atomic E-state index is -2.91. The number of ketones is 1. The highest BCUT2D eigenvalue weighted by molar-refractivity contribution is 6.02. The van der Waals surface area contributed by atoms with Crippen LogP contribution in [0.15, 0.2) is 60.4 Å². The molecule has 1 N–H and O–H groups in total. The molecule has 0 saturated carbocycles. The fourth-order valence-electron chi connectivity index (χ4n) is 2.19. The number of hydrogen-bond acceptors (Lipinski definition) is 6. The molecule has 0 amide bonds. The lowest BCUT2D eigenvalue weighted by Crippen LogP contribution is -1.91. The van der Waals surface area contributed by atoms with Gasteiger partial charge in [-0.3, -0.25) is 4.79 Å². The number of rotatable bonds is 9. The first-order chi connectivity index (χ1) is 18.6. The summed E-state index contributed by atoms with van der Waals surface area (Å²) < 4.78 is 106. The van der Waals surface area contributed by atoms with Crippen molar-refractivity contribution in [3.05, 3.63) is 71.5 Å². The van der Waals surface area contributed by atoms with Crippen molar-refractivity contribution in [2.45, 2.75) is 0 Å². The van der Waals surface area contributed by atoms with E-state index < -0.39 is 45.4 Å². The molecule has 0 bridgehead atoms. The Balaban J connectivity index is 2.21. The van der Waals surface area contributed by atoms with Crippen LogP contribution in [0.5, 0.6) is 23.0 Å². The standard InChI is InChI=1S/C23H24O6/c1-26-20-11-7-16(13-22(20)28-3)5-9-18(24)15-19(25)10-6-17-8-12-21(27-2)23(14-17)29-4/h5-15,24H,1-4H3/i1D3,2D3,3D3,4D3. The number of methoxy groups -OCH3 is 4. The molecule has 0 spiro atoms. The maximum atomic E-state index is 12.3. The van der Waals surface area contributed by atoms with Crippen LogP contribution in [0.3, 0.4) is 0 Å². The lowest BCUT2D eigenvalue weighted by molar-refractivity contribution is -0.110. The number of benzene rings is 2. The first-order valence-electron chi connectivity index (χ1n) is 13.9. The number of aliphatic hydroxyl groups is 1. The lowest BCUT2D eigenvalue weighted by Gasteiger charge is -2.07. The SMILES string of the molecule is [2H]C([2H])([2H])Oc1ccc(C=CC(=O)C=C(O)C=Cc2ccc(OC([2H])([2H])[2H])c(OC([2H])([2H])[2H])c2)cc1OC([2H])([2H])[2H]. The van der Waals surface area contributed by atoms with E-state index in [-0.39, 0.29) is 28.4 Å². The third-order valence-electron chi connectivity index (χ3n) is 3.55. The summed E-state index contributed by atoms with van der Waals surface area (Å²) >= 11 is 0. The molecule has 29 heavy (non-hydrogen) atoms. The van der Waals surface area contributed by atoms with Crippen molar-refractivity contribution in [2.24, 2.45) is 0 Å². The van der Waals surface area contributed by atoms with Crippen LogP contribution in [0.1, 0.15) is 27.6 Å². The Bertz CT molecular complexity index is 1320. The van der Waals surface area contributed by atoms with Crippen LogP contribution in [0.2, 0.25) is 0 Å². The number of hydrogen-bond donors (Lipinski definition) is 1. The summed E-state index contributed by atoms with van der Waals surface area (Å²) in [6.07, 6.45) is 5.52. The van der Waals surface area contributed by atoms with Crippen molar-refractivity contribution in [1.29, 1.82) is 0 Å². The number of carbonyl (C=O) groups excluding carboxylic acids is 1. The zero-order valence-electron chi connectivity index (χ0n) is 26.8. The zero-order valence-corrected chi connectivity index (χ0v) is 14.8. The van der Waals surface area contributed by atoms with Crippen molar-refractivity contribution in [2.75, 3.05) is 28.2 Å². The quantitative estimate of drug-likeness (QED) is 0.375. The summed E-state index contributed by atoms with van der Waals surface area (Å²) in [5.41, 5.74) is 0.520. The van der Waals surface area contributed by atoms with Gasteiger partial charge in [0.15, 0.2) is 28.8 Å². The molecule has 0 radical (unpaired) electrons. The number of ether oxygens (including phenoxy) is 4. The van der Waals surface area contributed by atoms with Gasteiger partial charge in [0.05, 0.1) is 44.6 Å². The third-order valence-corrected chi connectivity index (χ3v) is 3.55. The van der Waals surface area contributed by atoms with Gasteiger partial charge < -0.3 is 24.1 Å². The predicted molar refractivity (Wildman–Crippen MR) is 113 cm³/mol. The highest BCUT2D eigenvalue weighted by Crippen LogP contribution is 2.29. The Kier molecular flexibility index (Phi) is 3.73. The molecule has 0 aliphatic heterocycles. The number of carbonyl (C=O) groups is 1. The van der Waals surface area contributed by atoms with E-state index in [2.05, 4.69) is 0 Å². The molecule has 2 aromatic carbocycles. The van der Waals surface area contributed by atoms with Crippen LogP contribution in [0, 0.1) is 0 Å². The molecular weight excluding hydrogens is 372 g/mol. The van der Waals surface area contributed by atoms with Gasteiger partial charge in [0.25, 0.3) is 0 Å². The van der Waals surface area contributed by atoms with Crippen LogP contribution in [-0.2, 0) is 4.79 Å². The first-order valence-corrected chi connectivity index (χ1v) is 7.94. The Hall–Kier alpha value is -3.67. The summed E-state index contributed by atoms with van der Waals surface area (Å²) in [7, 11) is -11.5. The maximum Gasteiger partial charge on any atom is 0.182 e. The molecule has 6 nitrogen and oxygen atoms in total. The average molecular weight is 409 g/mol. The van der Waals surface area contributed by atoms with Crippen LogP contribution in [-0.4, -0.2) is 39.0 Å². The molecule has 0 heterocycles. The molecule has 2 rings (SSSR count). The van der Waals surface area contributed by atoms with Gasteiger partial charge in [-0.15, -0.1) is 0 Å². The number of aliphatic hydroxyl groups excluding tert-OH is 1. The second-order valence-electron chi connectivity index (χ2n) is 5.46. The van der Waals surface area contributed by atoms with Crippen molar-refractivity contribution in [3.8, 4) is 23.0 Å². The molecule has 0 aromatic heterocycles. The van der Waals surface area contributed by atoms with Gasteiger partial charge in [-0.1, -0.05) is 24.3 Å². The molecular formula is C23H24O6. The molecule has 0 fully saturated rings. The minimum Gasteiger partial charge on any atom is -0.508 e. The topological polar surface area (TPSA) is 74.2 Å². The van der Waals surface area contributed by atoms with Gasteiger partial charge in [0.2, 0.25) is 0 Å². The summed E-state index contributed by atoms with van der Waals surface area (Å²) in [4.78, 5) is 12.3. The van der Waals surface area contributed by atoms with Gasteiger partial charge in [-0.2, -0.15) is 0 Å². The fraction of sp³-hybridized carbons (Fsp3) is 0.174. The van der Waals surface area contributed by atoms with E-state index in [1.165, 1.54) is 30.4 Å². The minimum absolute atomic E-state index is 0.250. The summed E-state index contributed by atoms with van der Waals surface area (Å²) in [5, 5.41) is 10.1. The Labute approximate surface area is 187 Å². The Morgan fingerprint density at radius 2 is 1.28 bits per heavy atom. The van der Waals surface area contributed by atoms with Crippen molar-refractivity contribution in [3.63, 3.8) is 0 Å². The largest absolute Gasteiger partial charge is 0.508 e. The van der Waals surface area contributed by atoms with E-state index in [1.807, 2.05) is 0 Å². The third kappa shape index (κ3) is 6.17. The van der Waals surface area contributed by atoms with Crippen LogP contribution in [0.25, 0.3) is 12.2 Å². The molecule has 2 aromatic rings. The summed E-state index contributed by atoms with van der Waals surface area (Å²) in [5.74, 6) is -2.67. The highest BCUT2D eigenvalue weighted by atomic mass is 16.5. The van der Waals surface area contributed by atoms with E-state index in [0.717, 1.165) is 36.4 Å². The first kappa shape index (κ1) is 10.2. The van der Waals surface area contributed by atoms with Crippen LogP contribution in [0.4, 0.5) is 0 Å². The zero-order chi connectivity index (χ0) is 31.2. The maximum absolute atomic E-state index is 12.3. The van der Waals surface area contributed by atoms with E-state index >= 15 is 0 Å². The molecule has 0 aliphatic rings. The molecule has 152 valence electrons. The van der Waals surface area contributed by atoms with Crippen molar-refractivity contribution < 1.29 is 45.3 Å². The van der Waals surface area contributed by atoms with Gasteiger partial charge in [-0.25, -0.2) is 0 Å². The smallest absolute Gasteiger partial charge is 0.182 e. The summed E-state index contributed by atoms with van der Waals surface area (Å²) in [6, 6.07) is 7.35. The second kappa shape index (κ2) is 10.6. The Morgan fingerprint density at radius 1 is 0.793 bits per heavy atom. The van der Waals surface area contributed by atoms with Gasteiger partial charge in [0, 0.05) is 6.08 Å². The van der Waals surface area contributed by atoms with Crippen LogP contribution >= 0.6 is 0 Å². The number of allylic oxidation sites excluding steroid dienone is 3. The fourth-order valence-corrected chi connectivity index (χ4v) is 2.19. The average Bonchev–Trinajstić information content (AvgIpc) is 2.75. The monoisotopic (exact) mass is 408 g/mol. The van der Waals surface area contributed by atoms with Gasteiger partial charge >= 0.3 is 0 Å². The van der Waals surface area contributed by atoms with E-state index in [0.29, 0.717) is 0 Å². The van der Waals surface area contributed by atoms with E-state index in [1.54, 1.807) is 0 Å². The van der Waals surface area contributed by atoms with Crippen molar-refractivity contribution >= 4 is 17.9 Å². The Morgan fingerprint density at radius 3 is 1.79 bits per heavy atom. The highest BCUT2D eigenvalue weighted by Gasteiger charge is 2.04. The second-order valence-corrected chi connectivity index (χ2v) is 5.46. The lowest BCUT2D eigenvalue weighted by atomic mass is 10.1. The molecule has 0 unspecified atom stereocenters. The van der Waals surface area contributed by atoms with E-state index in [4.69, 9.17) is 35.4 Å². The summed E-state index contributed by atoms with van der Waals surface area (Å²) in [6.45, 7) is 0. The van der Waals surface area contributed by atoms with Gasteiger partial charge in [0.1, 0.15) is 5.76 Å². The predicted octanol–water partition coefficient (Wildman–Crippen LogP) is 4.46.